The summed E-state index contributed by atoms with van der Waals surface area (Å²) >= 11 is 0. The largest absolute Gasteiger partial charge is 0.481 e. The molecule has 1 saturated heterocycles. The first-order valence-corrected chi connectivity index (χ1v) is 5.19. The van der Waals surface area contributed by atoms with E-state index in [9.17, 15) is 4.79 Å². The van der Waals surface area contributed by atoms with Crippen molar-refractivity contribution < 1.29 is 14.6 Å². The van der Waals surface area contributed by atoms with Crippen molar-refractivity contribution in [3.63, 3.8) is 0 Å². The Balaban J connectivity index is 2.37. The number of hydrogen-bond acceptors (Lipinski definition) is 3. The summed E-state index contributed by atoms with van der Waals surface area (Å²) in [5, 5.41) is 8.75. The van der Waals surface area contributed by atoms with Crippen LogP contribution in [0.3, 0.4) is 0 Å². The molecule has 1 fully saturated rings. The molecular formula is C10H19NO3. The number of carboxylic acid groups (broad SMARTS) is 1. The second kappa shape index (κ2) is 5.98. The molecule has 1 aliphatic heterocycles. The monoisotopic (exact) mass is 201 g/mol. The summed E-state index contributed by atoms with van der Waals surface area (Å²) in [6.45, 7) is 2.56. The van der Waals surface area contributed by atoms with E-state index in [2.05, 4.69) is 4.90 Å². The van der Waals surface area contributed by atoms with Gasteiger partial charge in [0.1, 0.15) is 0 Å². The molecule has 0 radical (unpaired) electrons. The van der Waals surface area contributed by atoms with Crippen LogP contribution in [0, 0.1) is 0 Å². The maximum absolute atomic E-state index is 10.6. The van der Waals surface area contributed by atoms with Crippen LogP contribution in [0.4, 0.5) is 0 Å². The summed E-state index contributed by atoms with van der Waals surface area (Å²) in [6.07, 6.45) is 3.61. The standard InChI is InChI=1S/C10H19NO3/c1-14-7-6-11-5-3-2-4-9(11)8-10(12)13/h9H,2-8H2,1H3,(H,12,13). The van der Waals surface area contributed by atoms with E-state index in [4.69, 9.17) is 9.84 Å². The minimum Gasteiger partial charge on any atom is -0.481 e. The molecule has 1 unspecified atom stereocenters. The molecule has 82 valence electrons. The Morgan fingerprint density at radius 3 is 3.00 bits per heavy atom. The van der Waals surface area contributed by atoms with E-state index in [-0.39, 0.29) is 12.5 Å². The third-order valence-electron chi connectivity index (χ3n) is 2.74. The zero-order valence-corrected chi connectivity index (χ0v) is 8.74. The molecule has 0 amide bonds. The number of rotatable bonds is 5. The highest BCUT2D eigenvalue weighted by molar-refractivity contribution is 5.67. The molecule has 1 atom stereocenters. The van der Waals surface area contributed by atoms with Gasteiger partial charge >= 0.3 is 5.97 Å². The Labute approximate surface area is 84.8 Å². The fraction of sp³-hybridized carbons (Fsp3) is 0.900. The van der Waals surface area contributed by atoms with Crippen LogP contribution < -0.4 is 0 Å². The molecule has 0 saturated carbocycles. The number of hydrogen-bond donors (Lipinski definition) is 1. The van der Waals surface area contributed by atoms with E-state index >= 15 is 0 Å². The van der Waals surface area contributed by atoms with Gasteiger partial charge in [-0.3, -0.25) is 9.69 Å². The van der Waals surface area contributed by atoms with Gasteiger partial charge in [-0.1, -0.05) is 6.42 Å². The number of aliphatic carboxylic acids is 1. The van der Waals surface area contributed by atoms with Crippen LogP contribution in [0.1, 0.15) is 25.7 Å². The molecule has 0 bridgehead atoms. The Morgan fingerprint density at radius 2 is 2.36 bits per heavy atom. The normalized spacial score (nSPS) is 23.6. The molecule has 0 aliphatic carbocycles. The summed E-state index contributed by atoms with van der Waals surface area (Å²) < 4.78 is 5.01. The Bertz CT molecular complexity index is 184. The summed E-state index contributed by atoms with van der Waals surface area (Å²) in [5.41, 5.74) is 0. The van der Waals surface area contributed by atoms with Gasteiger partial charge in [0.05, 0.1) is 13.0 Å². The van der Waals surface area contributed by atoms with Crippen molar-refractivity contribution in [3.8, 4) is 0 Å². The van der Waals surface area contributed by atoms with Crippen LogP contribution in [0.2, 0.25) is 0 Å². The van der Waals surface area contributed by atoms with Crippen molar-refractivity contribution in [3.05, 3.63) is 0 Å². The average Bonchev–Trinajstić information content (AvgIpc) is 2.16. The third-order valence-corrected chi connectivity index (χ3v) is 2.74. The van der Waals surface area contributed by atoms with E-state index in [1.165, 1.54) is 6.42 Å². The third kappa shape index (κ3) is 3.64. The summed E-state index contributed by atoms with van der Waals surface area (Å²) in [7, 11) is 1.68. The van der Waals surface area contributed by atoms with E-state index in [1.807, 2.05) is 0 Å². The van der Waals surface area contributed by atoms with Gasteiger partial charge < -0.3 is 9.84 Å². The zero-order chi connectivity index (χ0) is 10.4. The number of ether oxygens (including phenoxy) is 1. The quantitative estimate of drug-likeness (QED) is 0.720. The van der Waals surface area contributed by atoms with Gasteiger partial charge in [0.15, 0.2) is 0 Å². The molecular weight excluding hydrogens is 182 g/mol. The SMILES string of the molecule is COCCN1CCCCC1CC(=O)O. The lowest BCUT2D eigenvalue weighted by atomic mass is 9.99. The van der Waals surface area contributed by atoms with Crippen molar-refractivity contribution in [2.45, 2.75) is 31.7 Å². The summed E-state index contributed by atoms with van der Waals surface area (Å²) in [5.74, 6) is -0.695. The molecule has 4 nitrogen and oxygen atoms in total. The second-order valence-electron chi connectivity index (χ2n) is 3.78. The molecule has 14 heavy (non-hydrogen) atoms. The predicted molar refractivity (Wildman–Crippen MR) is 53.3 cm³/mol. The maximum Gasteiger partial charge on any atom is 0.304 e. The van der Waals surface area contributed by atoms with E-state index in [1.54, 1.807) is 7.11 Å². The molecule has 1 rings (SSSR count). The van der Waals surface area contributed by atoms with Gasteiger partial charge in [-0.05, 0) is 19.4 Å². The first-order valence-electron chi connectivity index (χ1n) is 5.19. The lowest BCUT2D eigenvalue weighted by molar-refractivity contribution is -0.138. The summed E-state index contributed by atoms with van der Waals surface area (Å²) in [4.78, 5) is 12.9. The van der Waals surface area contributed by atoms with Crippen LogP contribution in [0.15, 0.2) is 0 Å². The van der Waals surface area contributed by atoms with E-state index < -0.39 is 5.97 Å². The van der Waals surface area contributed by atoms with Gasteiger partial charge in [0.25, 0.3) is 0 Å². The second-order valence-corrected chi connectivity index (χ2v) is 3.78. The van der Waals surface area contributed by atoms with Crippen LogP contribution in [-0.4, -0.2) is 48.8 Å². The molecule has 0 aromatic carbocycles. The van der Waals surface area contributed by atoms with Crippen LogP contribution in [0.5, 0.6) is 0 Å². The minimum atomic E-state index is -0.695. The Kier molecular flexibility index (Phi) is 4.90. The van der Waals surface area contributed by atoms with Crippen molar-refractivity contribution in [2.24, 2.45) is 0 Å². The van der Waals surface area contributed by atoms with Crippen LogP contribution >= 0.6 is 0 Å². The van der Waals surface area contributed by atoms with Crippen molar-refractivity contribution in [1.29, 1.82) is 0 Å². The molecule has 4 heteroatoms. The zero-order valence-electron chi connectivity index (χ0n) is 8.74. The molecule has 1 N–H and O–H groups in total. The van der Waals surface area contributed by atoms with Crippen LogP contribution in [0.25, 0.3) is 0 Å². The summed E-state index contributed by atoms with van der Waals surface area (Å²) in [6, 6.07) is 0.219. The minimum absolute atomic E-state index is 0.219. The Morgan fingerprint density at radius 1 is 1.57 bits per heavy atom. The lowest BCUT2D eigenvalue weighted by Gasteiger charge is -2.34. The topological polar surface area (TPSA) is 49.8 Å². The van der Waals surface area contributed by atoms with E-state index in [0.29, 0.717) is 6.61 Å². The highest BCUT2D eigenvalue weighted by atomic mass is 16.5. The smallest absolute Gasteiger partial charge is 0.304 e. The number of likely N-dealkylation sites (tertiary alicyclic amines) is 1. The first kappa shape index (κ1) is 11.5. The van der Waals surface area contributed by atoms with Crippen molar-refractivity contribution in [1.82, 2.24) is 4.90 Å². The van der Waals surface area contributed by atoms with Crippen molar-refractivity contribution in [2.75, 3.05) is 26.8 Å². The molecule has 1 heterocycles. The van der Waals surface area contributed by atoms with Gasteiger partial charge in [-0.25, -0.2) is 0 Å². The van der Waals surface area contributed by atoms with Crippen molar-refractivity contribution >= 4 is 5.97 Å². The van der Waals surface area contributed by atoms with Gasteiger partial charge in [0.2, 0.25) is 0 Å². The number of piperidine rings is 1. The number of carboxylic acids is 1. The van der Waals surface area contributed by atoms with Gasteiger partial charge in [0, 0.05) is 19.7 Å². The van der Waals surface area contributed by atoms with Crippen LogP contribution in [-0.2, 0) is 9.53 Å². The molecule has 0 aromatic heterocycles. The molecule has 0 spiro atoms. The number of carbonyl (C=O) groups is 1. The number of nitrogens with zero attached hydrogens (tertiary/aromatic N) is 1. The molecule has 0 aromatic rings. The average molecular weight is 201 g/mol. The maximum atomic E-state index is 10.6. The first-order chi connectivity index (χ1) is 6.74. The number of methoxy groups -OCH3 is 1. The predicted octanol–water partition coefficient (Wildman–Crippen LogP) is 0.962. The Hall–Kier alpha value is -0.610. The van der Waals surface area contributed by atoms with Gasteiger partial charge in [-0.15, -0.1) is 0 Å². The van der Waals surface area contributed by atoms with E-state index in [0.717, 1.165) is 25.9 Å². The fourth-order valence-corrected chi connectivity index (χ4v) is 2.00. The molecule has 1 aliphatic rings. The highest BCUT2D eigenvalue weighted by Crippen LogP contribution is 2.19. The van der Waals surface area contributed by atoms with Gasteiger partial charge in [-0.2, -0.15) is 0 Å². The highest BCUT2D eigenvalue weighted by Gasteiger charge is 2.23. The lowest BCUT2D eigenvalue weighted by Crippen LogP contribution is -2.42. The fourth-order valence-electron chi connectivity index (χ4n) is 2.00.